The molecule has 0 aliphatic heterocycles. The monoisotopic (exact) mass is 493 g/mol. The molecule has 0 atom stereocenters. The van der Waals surface area contributed by atoms with Gasteiger partial charge in [0.05, 0.1) is 17.2 Å². The summed E-state index contributed by atoms with van der Waals surface area (Å²) in [5.41, 5.74) is 2.51. The van der Waals surface area contributed by atoms with Gasteiger partial charge in [-0.05, 0) is 17.7 Å². The molecule has 146 valence electrons. The molecule has 0 saturated heterocycles. The number of hydrogen-bond acceptors (Lipinski definition) is 5. The smallest absolute Gasteiger partial charge is 0.269 e. The Morgan fingerprint density at radius 3 is 2.61 bits per heavy atom. The summed E-state index contributed by atoms with van der Waals surface area (Å²) in [6.07, 6.45) is 1.60. The number of aliphatic imine (C=N–C) groups is 1. The first-order valence-corrected chi connectivity index (χ1v) is 8.33. The third-order valence-electron chi connectivity index (χ3n) is 3.81. The van der Waals surface area contributed by atoms with Gasteiger partial charge in [-0.1, -0.05) is 30.3 Å². The van der Waals surface area contributed by atoms with Gasteiger partial charge in [0.15, 0.2) is 5.96 Å². The van der Waals surface area contributed by atoms with E-state index in [1.165, 1.54) is 12.1 Å². The van der Waals surface area contributed by atoms with E-state index in [2.05, 4.69) is 20.6 Å². The lowest BCUT2D eigenvalue weighted by molar-refractivity contribution is -0.384. The van der Waals surface area contributed by atoms with Crippen LogP contribution in [0.25, 0.3) is 11.5 Å². The van der Waals surface area contributed by atoms with Gasteiger partial charge < -0.3 is 15.1 Å². The van der Waals surface area contributed by atoms with Crippen molar-refractivity contribution in [1.29, 1.82) is 0 Å². The van der Waals surface area contributed by atoms with Gasteiger partial charge in [-0.2, -0.15) is 0 Å². The van der Waals surface area contributed by atoms with Crippen LogP contribution in [0.1, 0.15) is 11.3 Å². The normalized spacial score (nSPS) is 10.8. The van der Waals surface area contributed by atoms with Gasteiger partial charge >= 0.3 is 0 Å². The Bertz CT molecular complexity index is 944. The molecular weight excluding hydrogens is 473 g/mol. The van der Waals surface area contributed by atoms with Crippen LogP contribution in [0.15, 0.2) is 70.3 Å². The molecule has 2 N–H and O–H groups in total. The molecule has 0 spiro atoms. The molecule has 28 heavy (non-hydrogen) atoms. The molecule has 1 heterocycles. The van der Waals surface area contributed by atoms with Crippen molar-refractivity contribution in [2.45, 2.75) is 13.1 Å². The first-order chi connectivity index (χ1) is 13.2. The quantitative estimate of drug-likeness (QED) is 0.178. The van der Waals surface area contributed by atoms with E-state index in [1.54, 1.807) is 19.4 Å². The maximum Gasteiger partial charge on any atom is 0.269 e. The Balaban J connectivity index is 0.00000280. The van der Waals surface area contributed by atoms with Crippen molar-refractivity contribution in [3.05, 3.63) is 82.2 Å². The molecule has 0 amide bonds. The Morgan fingerprint density at radius 2 is 1.89 bits per heavy atom. The van der Waals surface area contributed by atoms with Gasteiger partial charge in [-0.15, -0.1) is 24.0 Å². The van der Waals surface area contributed by atoms with E-state index in [0.717, 1.165) is 16.8 Å². The zero-order valence-corrected chi connectivity index (χ0v) is 17.5. The van der Waals surface area contributed by atoms with Gasteiger partial charge in [-0.25, -0.2) is 4.98 Å². The van der Waals surface area contributed by atoms with Crippen LogP contribution in [0.2, 0.25) is 0 Å². The fourth-order valence-electron chi connectivity index (χ4n) is 2.46. The molecule has 2 aromatic carbocycles. The zero-order valence-electron chi connectivity index (χ0n) is 15.2. The number of nitrogens with one attached hydrogen (secondary N) is 2. The third kappa shape index (κ3) is 5.78. The van der Waals surface area contributed by atoms with Crippen molar-refractivity contribution in [2.75, 3.05) is 7.05 Å². The number of rotatable bonds is 6. The maximum atomic E-state index is 10.8. The van der Waals surface area contributed by atoms with Crippen molar-refractivity contribution in [2.24, 2.45) is 4.99 Å². The second-order valence-corrected chi connectivity index (χ2v) is 5.72. The molecular formula is C19H20IN5O3. The van der Waals surface area contributed by atoms with Crippen LogP contribution in [0.5, 0.6) is 0 Å². The van der Waals surface area contributed by atoms with E-state index < -0.39 is 4.92 Å². The summed E-state index contributed by atoms with van der Waals surface area (Å²) in [7, 11) is 1.65. The molecule has 3 aromatic rings. The van der Waals surface area contributed by atoms with Crippen molar-refractivity contribution >= 4 is 35.6 Å². The average molecular weight is 493 g/mol. The van der Waals surface area contributed by atoms with Crippen LogP contribution < -0.4 is 10.6 Å². The topological polar surface area (TPSA) is 106 Å². The first-order valence-electron chi connectivity index (χ1n) is 8.33. The predicted molar refractivity (Wildman–Crippen MR) is 117 cm³/mol. The summed E-state index contributed by atoms with van der Waals surface area (Å²) in [4.78, 5) is 19.0. The number of aromatic nitrogens is 1. The molecule has 0 aliphatic carbocycles. The summed E-state index contributed by atoms with van der Waals surface area (Å²) < 4.78 is 5.51. The lowest BCUT2D eigenvalue weighted by Gasteiger charge is -2.10. The maximum absolute atomic E-state index is 10.8. The van der Waals surface area contributed by atoms with Crippen molar-refractivity contribution in [3.8, 4) is 11.5 Å². The fraction of sp³-hybridized carbons (Fsp3) is 0.158. The number of nitro benzene ring substituents is 1. The number of nitrogens with zero attached hydrogens (tertiary/aromatic N) is 3. The van der Waals surface area contributed by atoms with Crippen LogP contribution in [0.3, 0.4) is 0 Å². The van der Waals surface area contributed by atoms with Gasteiger partial charge in [0.25, 0.3) is 5.69 Å². The number of non-ortho nitro benzene ring substituents is 1. The highest BCUT2D eigenvalue weighted by Gasteiger charge is 2.08. The van der Waals surface area contributed by atoms with Gasteiger partial charge in [0, 0.05) is 31.3 Å². The predicted octanol–water partition coefficient (Wildman–Crippen LogP) is 3.73. The summed E-state index contributed by atoms with van der Waals surface area (Å²) in [5.74, 6) is 1.12. The van der Waals surface area contributed by atoms with Crippen molar-refractivity contribution in [1.82, 2.24) is 15.6 Å². The minimum absolute atomic E-state index is 0. The Kier molecular flexibility index (Phi) is 7.93. The van der Waals surface area contributed by atoms with E-state index >= 15 is 0 Å². The van der Waals surface area contributed by atoms with Crippen LogP contribution in [-0.4, -0.2) is 22.9 Å². The molecule has 0 bridgehead atoms. The summed E-state index contributed by atoms with van der Waals surface area (Å²) >= 11 is 0. The Morgan fingerprint density at radius 1 is 1.14 bits per heavy atom. The Hall–Kier alpha value is -2.95. The first kappa shape index (κ1) is 21.4. The molecule has 8 nitrogen and oxygen atoms in total. The van der Waals surface area contributed by atoms with E-state index in [9.17, 15) is 10.1 Å². The van der Waals surface area contributed by atoms with Crippen LogP contribution in [0.4, 0.5) is 5.69 Å². The molecule has 1 aromatic heterocycles. The SMILES string of the molecule is CN=C(NCc1cccc([N+](=O)[O-])c1)NCc1coc(-c2ccccc2)n1.I. The standard InChI is InChI=1S/C19H19N5O3.HI/c1-20-19(21-11-14-6-5-9-17(10-14)24(25)26)22-12-16-13-27-18(23-16)15-7-3-2-4-8-15;/h2-10,13H,11-12H2,1H3,(H2,20,21,22);1H. The van der Waals surface area contributed by atoms with Crippen LogP contribution >= 0.6 is 24.0 Å². The van der Waals surface area contributed by atoms with Gasteiger partial charge in [0.2, 0.25) is 5.89 Å². The zero-order chi connectivity index (χ0) is 19.1. The van der Waals surface area contributed by atoms with E-state index in [-0.39, 0.29) is 29.7 Å². The molecule has 0 unspecified atom stereocenters. The summed E-state index contributed by atoms with van der Waals surface area (Å²) in [6, 6.07) is 16.1. The fourth-order valence-corrected chi connectivity index (χ4v) is 2.46. The second kappa shape index (κ2) is 10.4. The average Bonchev–Trinajstić information content (AvgIpc) is 3.18. The van der Waals surface area contributed by atoms with E-state index in [0.29, 0.717) is 24.9 Å². The lowest BCUT2D eigenvalue weighted by atomic mass is 10.2. The van der Waals surface area contributed by atoms with Gasteiger partial charge in [-0.3, -0.25) is 15.1 Å². The summed E-state index contributed by atoms with van der Waals surface area (Å²) in [5, 5.41) is 17.1. The number of hydrogen-bond donors (Lipinski definition) is 2. The second-order valence-electron chi connectivity index (χ2n) is 5.72. The van der Waals surface area contributed by atoms with Crippen molar-refractivity contribution < 1.29 is 9.34 Å². The Labute approximate surface area is 179 Å². The highest BCUT2D eigenvalue weighted by molar-refractivity contribution is 14.0. The highest BCUT2D eigenvalue weighted by Crippen LogP contribution is 2.17. The molecule has 3 rings (SSSR count). The minimum atomic E-state index is -0.411. The molecule has 9 heteroatoms. The van der Waals surface area contributed by atoms with E-state index in [4.69, 9.17) is 4.42 Å². The largest absolute Gasteiger partial charge is 0.444 e. The van der Waals surface area contributed by atoms with Crippen LogP contribution in [-0.2, 0) is 13.1 Å². The molecule has 0 fully saturated rings. The summed E-state index contributed by atoms with van der Waals surface area (Å²) in [6.45, 7) is 0.848. The lowest BCUT2D eigenvalue weighted by Crippen LogP contribution is -2.36. The van der Waals surface area contributed by atoms with Crippen molar-refractivity contribution in [3.63, 3.8) is 0 Å². The molecule has 0 aliphatic rings. The molecule has 0 saturated carbocycles. The molecule has 0 radical (unpaired) electrons. The number of nitro groups is 1. The number of guanidine groups is 1. The third-order valence-corrected chi connectivity index (χ3v) is 3.81. The minimum Gasteiger partial charge on any atom is -0.444 e. The van der Waals surface area contributed by atoms with Gasteiger partial charge in [0.1, 0.15) is 6.26 Å². The van der Waals surface area contributed by atoms with Crippen LogP contribution in [0, 0.1) is 10.1 Å². The highest BCUT2D eigenvalue weighted by atomic mass is 127. The van der Waals surface area contributed by atoms with E-state index in [1.807, 2.05) is 36.4 Å². The number of halogens is 1. The number of oxazole rings is 1. The number of benzene rings is 2.